The minimum absolute atomic E-state index is 0.0466. The number of amides is 3. The second kappa shape index (κ2) is 13.0. The molecule has 3 aromatic carbocycles. The van der Waals surface area contributed by atoms with Gasteiger partial charge in [-0.1, -0.05) is 48.0 Å². The smallest absolute Gasteiger partial charge is 0.270 e. The number of fused-ring (bicyclic) bond motifs is 1. The van der Waals surface area contributed by atoms with Gasteiger partial charge in [0.2, 0.25) is 0 Å². The van der Waals surface area contributed by atoms with Crippen LogP contribution in [-0.2, 0) is 13.1 Å². The molecular formula is C32H25ClF2N6O4. The Morgan fingerprint density at radius 1 is 0.822 bits per heavy atom. The van der Waals surface area contributed by atoms with Crippen LogP contribution < -0.4 is 16.0 Å². The van der Waals surface area contributed by atoms with Gasteiger partial charge < -0.3 is 16.0 Å². The summed E-state index contributed by atoms with van der Waals surface area (Å²) >= 11 is 6.19. The number of aromatic nitrogens is 3. The summed E-state index contributed by atoms with van der Waals surface area (Å²) in [4.78, 5) is 56.0. The molecule has 0 aliphatic heterocycles. The fourth-order valence-electron chi connectivity index (χ4n) is 4.58. The first-order valence-electron chi connectivity index (χ1n) is 13.6. The number of carbonyl (C=O) groups is 4. The third-order valence-corrected chi connectivity index (χ3v) is 7.19. The first-order chi connectivity index (χ1) is 21.5. The van der Waals surface area contributed by atoms with Gasteiger partial charge in [0, 0.05) is 24.7 Å². The van der Waals surface area contributed by atoms with Crippen molar-refractivity contribution >= 4 is 46.4 Å². The molecule has 0 spiro atoms. The van der Waals surface area contributed by atoms with E-state index in [-0.39, 0.29) is 47.0 Å². The Hall–Kier alpha value is -5.49. The molecule has 3 amide bonds. The van der Waals surface area contributed by atoms with E-state index < -0.39 is 29.4 Å². The number of hydrogen-bond donors (Lipinski definition) is 3. The minimum atomic E-state index is -1.07. The maximum Gasteiger partial charge on any atom is 0.270 e. The highest BCUT2D eigenvalue weighted by Crippen LogP contribution is 2.22. The Morgan fingerprint density at radius 2 is 1.51 bits per heavy atom. The van der Waals surface area contributed by atoms with Gasteiger partial charge in [-0.25, -0.2) is 18.3 Å². The fourth-order valence-corrected chi connectivity index (χ4v) is 4.76. The lowest BCUT2D eigenvalue weighted by Crippen LogP contribution is -2.29. The molecule has 0 saturated heterocycles. The van der Waals surface area contributed by atoms with Crippen LogP contribution in [0.25, 0.3) is 5.65 Å². The monoisotopic (exact) mass is 630 g/mol. The topological polar surface area (TPSA) is 135 Å². The SMILES string of the molecule is CC(=O)c1ccc(CNC(=O)c2cc(C(=O)NCc3ccc(F)c(F)c3)nc3c(C(=O)Nc4ccccc4Cl)cnn23)cc1C. The molecule has 0 bridgehead atoms. The molecule has 0 aliphatic carbocycles. The lowest BCUT2D eigenvalue weighted by Gasteiger charge is -2.11. The maximum absolute atomic E-state index is 13.7. The third kappa shape index (κ3) is 6.86. The van der Waals surface area contributed by atoms with Gasteiger partial charge in [-0.2, -0.15) is 5.10 Å². The third-order valence-electron chi connectivity index (χ3n) is 6.86. The van der Waals surface area contributed by atoms with E-state index in [1.165, 1.54) is 25.3 Å². The Bertz CT molecular complexity index is 1990. The zero-order valence-electron chi connectivity index (χ0n) is 24.0. The van der Waals surface area contributed by atoms with Crippen LogP contribution in [0, 0.1) is 18.6 Å². The predicted molar refractivity (Wildman–Crippen MR) is 162 cm³/mol. The van der Waals surface area contributed by atoms with E-state index in [1.807, 2.05) is 0 Å². The molecule has 5 rings (SSSR count). The van der Waals surface area contributed by atoms with Gasteiger partial charge in [0.15, 0.2) is 23.1 Å². The van der Waals surface area contributed by atoms with E-state index in [2.05, 4.69) is 26.0 Å². The Morgan fingerprint density at radius 3 is 2.20 bits per heavy atom. The number of benzene rings is 3. The molecule has 0 fully saturated rings. The van der Waals surface area contributed by atoms with Crippen LogP contribution in [0.2, 0.25) is 5.02 Å². The molecule has 5 aromatic rings. The van der Waals surface area contributed by atoms with Crippen LogP contribution in [0.15, 0.2) is 72.9 Å². The summed E-state index contributed by atoms with van der Waals surface area (Å²) in [5, 5.41) is 12.5. The summed E-state index contributed by atoms with van der Waals surface area (Å²) in [6, 6.07) is 16.2. The van der Waals surface area contributed by atoms with E-state index in [0.717, 1.165) is 27.8 Å². The normalized spacial score (nSPS) is 10.9. The van der Waals surface area contributed by atoms with Crippen molar-refractivity contribution in [2.75, 3.05) is 5.32 Å². The number of para-hydroxylation sites is 1. The van der Waals surface area contributed by atoms with Crippen molar-refractivity contribution in [2.24, 2.45) is 0 Å². The number of halogens is 3. The van der Waals surface area contributed by atoms with Crippen molar-refractivity contribution in [1.82, 2.24) is 25.2 Å². The van der Waals surface area contributed by atoms with Crippen molar-refractivity contribution in [1.29, 1.82) is 0 Å². The highest BCUT2D eigenvalue weighted by Gasteiger charge is 2.23. The van der Waals surface area contributed by atoms with Gasteiger partial charge >= 0.3 is 0 Å². The molecule has 0 aliphatic rings. The molecule has 2 heterocycles. The highest BCUT2D eigenvalue weighted by atomic mass is 35.5. The maximum atomic E-state index is 13.7. The van der Waals surface area contributed by atoms with E-state index in [4.69, 9.17) is 11.6 Å². The van der Waals surface area contributed by atoms with Crippen LogP contribution in [0.3, 0.4) is 0 Å². The lowest BCUT2D eigenvalue weighted by molar-refractivity contribution is 0.0939. The van der Waals surface area contributed by atoms with Gasteiger partial charge in [-0.3, -0.25) is 19.2 Å². The standard InChI is InChI=1S/C32H25ClF2N6O4/c1-17-11-19(7-9-21(17)18(2)42)14-37-32(45)28-13-27(31(44)36-15-20-8-10-24(34)25(35)12-20)39-29-22(16-38-41(28)29)30(43)40-26-6-4-3-5-23(26)33/h3-13,16H,14-15H2,1-2H3,(H,36,44)(H,37,45)(H,40,43). The molecule has 0 saturated carbocycles. The van der Waals surface area contributed by atoms with Gasteiger partial charge in [0.1, 0.15) is 17.0 Å². The van der Waals surface area contributed by atoms with Crippen LogP contribution >= 0.6 is 11.6 Å². The summed E-state index contributed by atoms with van der Waals surface area (Å²) in [5.41, 5.74) is 2.18. The molecule has 13 heteroatoms. The Labute approximate surface area is 260 Å². The van der Waals surface area contributed by atoms with E-state index in [0.29, 0.717) is 16.3 Å². The Balaban J connectivity index is 1.46. The molecule has 45 heavy (non-hydrogen) atoms. The predicted octanol–water partition coefficient (Wildman–Crippen LogP) is 5.28. The zero-order chi connectivity index (χ0) is 32.2. The first-order valence-corrected chi connectivity index (χ1v) is 13.9. The Kier molecular flexibility index (Phi) is 8.96. The van der Waals surface area contributed by atoms with Crippen LogP contribution in [0.5, 0.6) is 0 Å². The summed E-state index contributed by atoms with van der Waals surface area (Å²) in [5.74, 6) is -4.19. The number of nitrogens with one attached hydrogen (secondary N) is 3. The summed E-state index contributed by atoms with van der Waals surface area (Å²) < 4.78 is 28.1. The number of aryl methyl sites for hydroxylation is 1. The molecule has 3 N–H and O–H groups in total. The zero-order valence-corrected chi connectivity index (χ0v) is 24.7. The van der Waals surface area contributed by atoms with Crippen molar-refractivity contribution in [2.45, 2.75) is 26.9 Å². The number of anilines is 1. The van der Waals surface area contributed by atoms with Crippen LogP contribution in [0.4, 0.5) is 14.5 Å². The molecule has 0 radical (unpaired) electrons. The van der Waals surface area contributed by atoms with Crippen molar-refractivity contribution in [3.63, 3.8) is 0 Å². The highest BCUT2D eigenvalue weighted by molar-refractivity contribution is 6.34. The van der Waals surface area contributed by atoms with Gasteiger partial charge in [-0.15, -0.1) is 0 Å². The second-order valence-corrected chi connectivity index (χ2v) is 10.5. The largest absolute Gasteiger partial charge is 0.347 e. The average molecular weight is 631 g/mol. The van der Waals surface area contributed by atoms with Crippen molar-refractivity contribution in [3.8, 4) is 0 Å². The van der Waals surface area contributed by atoms with Crippen molar-refractivity contribution < 1.29 is 28.0 Å². The van der Waals surface area contributed by atoms with Gasteiger partial charge in [0.05, 0.1) is 16.9 Å². The number of rotatable bonds is 9. The molecule has 0 atom stereocenters. The summed E-state index contributed by atoms with van der Waals surface area (Å²) in [7, 11) is 0. The number of Topliss-reactive ketones (excluding diaryl/α,β-unsaturated/α-hetero) is 1. The van der Waals surface area contributed by atoms with E-state index in [9.17, 15) is 28.0 Å². The lowest BCUT2D eigenvalue weighted by atomic mass is 10.0. The van der Waals surface area contributed by atoms with Crippen LogP contribution in [0.1, 0.15) is 65.3 Å². The van der Waals surface area contributed by atoms with Gasteiger partial charge in [0.25, 0.3) is 17.7 Å². The number of nitrogens with zero attached hydrogens (tertiary/aromatic N) is 3. The molecule has 10 nitrogen and oxygen atoms in total. The summed E-state index contributed by atoms with van der Waals surface area (Å²) in [6.07, 6.45) is 1.21. The number of hydrogen-bond acceptors (Lipinski definition) is 6. The minimum Gasteiger partial charge on any atom is -0.347 e. The molecule has 228 valence electrons. The average Bonchev–Trinajstić information content (AvgIpc) is 3.45. The second-order valence-electron chi connectivity index (χ2n) is 10.1. The summed E-state index contributed by atoms with van der Waals surface area (Å²) in [6.45, 7) is 3.18. The quantitative estimate of drug-likeness (QED) is 0.190. The molecular weight excluding hydrogens is 606 g/mol. The molecule has 2 aromatic heterocycles. The van der Waals surface area contributed by atoms with E-state index in [1.54, 1.807) is 49.4 Å². The van der Waals surface area contributed by atoms with Gasteiger partial charge in [-0.05, 0) is 54.8 Å². The van der Waals surface area contributed by atoms with Crippen molar-refractivity contribution in [3.05, 3.63) is 129 Å². The molecule has 0 unspecified atom stereocenters. The van der Waals surface area contributed by atoms with E-state index >= 15 is 0 Å². The van der Waals surface area contributed by atoms with Crippen LogP contribution in [-0.4, -0.2) is 38.1 Å². The number of ketones is 1. The first kappa shape index (κ1) is 31.0. The number of carbonyl (C=O) groups excluding carboxylic acids is 4. The fraction of sp³-hybridized carbons (Fsp3) is 0.125.